The van der Waals surface area contributed by atoms with Gasteiger partial charge in [0.1, 0.15) is 0 Å². The Morgan fingerprint density at radius 2 is 2.08 bits per heavy atom. The van der Waals surface area contributed by atoms with E-state index in [1.54, 1.807) is 10.9 Å². The van der Waals surface area contributed by atoms with Gasteiger partial charge in [0.15, 0.2) is 9.84 Å². The quantitative estimate of drug-likeness (QED) is 0.824. The summed E-state index contributed by atoms with van der Waals surface area (Å²) in [6.45, 7) is 2.54. The number of aryl methyl sites for hydroxylation is 1. The molecule has 2 aliphatic rings. The maximum absolute atomic E-state index is 13.1. The Kier molecular flexibility index (Phi) is 3.91. The van der Waals surface area contributed by atoms with Gasteiger partial charge in [-0.3, -0.25) is 9.48 Å². The molecule has 132 valence electrons. The molecule has 7 heteroatoms. The molecule has 0 radical (unpaired) electrons. The highest BCUT2D eigenvalue weighted by Gasteiger charge is 2.32. The van der Waals surface area contributed by atoms with Crippen molar-refractivity contribution >= 4 is 21.4 Å². The van der Waals surface area contributed by atoms with Crippen molar-refractivity contribution in [1.29, 1.82) is 0 Å². The molecule has 0 aliphatic carbocycles. The molecule has 0 spiro atoms. The van der Waals surface area contributed by atoms with Gasteiger partial charge in [-0.1, -0.05) is 18.2 Å². The Balaban J connectivity index is 1.64. The number of nitrogens with zero attached hydrogens (tertiary/aromatic N) is 3. The molecule has 1 aromatic carbocycles. The highest BCUT2D eigenvalue weighted by Crippen LogP contribution is 2.30. The molecule has 4 rings (SSSR count). The van der Waals surface area contributed by atoms with Crippen molar-refractivity contribution in [1.82, 2.24) is 9.78 Å². The zero-order valence-corrected chi connectivity index (χ0v) is 15.0. The molecular weight excluding hydrogens is 338 g/mol. The lowest BCUT2D eigenvalue weighted by Gasteiger charge is -2.29. The number of benzene rings is 1. The molecule has 1 saturated heterocycles. The standard InChI is InChI=1S/C18H21N3O3S/c1-13-16(11-19-21(13)15-8-10-25(23,24)12-15)18(22)20-9-4-6-14-5-2-3-7-17(14)20/h2-3,5,7,11,15H,4,6,8-10,12H2,1H3. The lowest BCUT2D eigenvalue weighted by atomic mass is 10.0. The second-order valence-corrected chi connectivity index (χ2v) is 9.06. The molecule has 1 fully saturated rings. The van der Waals surface area contributed by atoms with Crippen LogP contribution in [0.15, 0.2) is 30.5 Å². The second-order valence-electron chi connectivity index (χ2n) is 6.83. The van der Waals surface area contributed by atoms with E-state index in [2.05, 4.69) is 11.2 Å². The summed E-state index contributed by atoms with van der Waals surface area (Å²) in [5.41, 5.74) is 3.46. The normalized spacial score (nSPS) is 22.0. The molecule has 25 heavy (non-hydrogen) atoms. The number of para-hydroxylation sites is 1. The first-order chi connectivity index (χ1) is 12.0. The number of sulfone groups is 1. The minimum atomic E-state index is -2.99. The lowest BCUT2D eigenvalue weighted by molar-refractivity contribution is 0.0984. The Morgan fingerprint density at radius 1 is 1.28 bits per heavy atom. The van der Waals surface area contributed by atoms with E-state index in [9.17, 15) is 13.2 Å². The molecule has 1 atom stereocenters. The van der Waals surface area contributed by atoms with E-state index in [1.807, 2.05) is 30.0 Å². The maximum Gasteiger partial charge on any atom is 0.261 e. The minimum absolute atomic E-state index is 0.0586. The molecule has 1 unspecified atom stereocenters. The minimum Gasteiger partial charge on any atom is -0.308 e. The lowest BCUT2D eigenvalue weighted by Crippen LogP contribution is -2.35. The number of rotatable bonds is 2. The average Bonchev–Trinajstić information content (AvgIpc) is 3.15. The molecule has 0 saturated carbocycles. The van der Waals surface area contributed by atoms with Gasteiger partial charge in [-0.2, -0.15) is 5.10 Å². The fraction of sp³-hybridized carbons (Fsp3) is 0.444. The monoisotopic (exact) mass is 359 g/mol. The molecular formula is C18H21N3O3S. The second kappa shape index (κ2) is 5.98. The topological polar surface area (TPSA) is 72.3 Å². The molecule has 0 N–H and O–H groups in total. The van der Waals surface area contributed by atoms with E-state index in [0.717, 1.165) is 24.2 Å². The fourth-order valence-corrected chi connectivity index (χ4v) is 5.55. The van der Waals surface area contributed by atoms with Gasteiger partial charge in [0.2, 0.25) is 0 Å². The molecule has 1 aromatic heterocycles. The highest BCUT2D eigenvalue weighted by molar-refractivity contribution is 7.91. The molecule has 0 bridgehead atoms. The van der Waals surface area contributed by atoms with Crippen LogP contribution in [0.25, 0.3) is 0 Å². The SMILES string of the molecule is Cc1c(C(=O)N2CCCc3ccccc32)cnn1C1CCS(=O)(=O)C1. The summed E-state index contributed by atoms with van der Waals surface area (Å²) in [6.07, 6.45) is 4.07. The summed E-state index contributed by atoms with van der Waals surface area (Å²) in [6, 6.07) is 7.82. The molecule has 6 nitrogen and oxygen atoms in total. The van der Waals surface area contributed by atoms with Crippen LogP contribution in [0.4, 0.5) is 5.69 Å². The molecule has 3 heterocycles. The van der Waals surface area contributed by atoms with Crippen molar-refractivity contribution in [3.8, 4) is 0 Å². The first-order valence-corrected chi connectivity index (χ1v) is 10.4. The van der Waals surface area contributed by atoms with Crippen LogP contribution < -0.4 is 4.90 Å². The van der Waals surface area contributed by atoms with Gasteiger partial charge in [-0.05, 0) is 37.8 Å². The summed E-state index contributed by atoms with van der Waals surface area (Å²) >= 11 is 0. The van der Waals surface area contributed by atoms with E-state index in [1.165, 1.54) is 5.56 Å². The first-order valence-electron chi connectivity index (χ1n) is 8.60. The third-order valence-electron chi connectivity index (χ3n) is 5.18. The van der Waals surface area contributed by atoms with Crippen molar-refractivity contribution in [2.75, 3.05) is 23.0 Å². The van der Waals surface area contributed by atoms with Crippen LogP contribution in [0.2, 0.25) is 0 Å². The van der Waals surface area contributed by atoms with Crippen LogP contribution in [0.5, 0.6) is 0 Å². The number of carbonyl (C=O) groups is 1. The average molecular weight is 359 g/mol. The fourth-order valence-electron chi connectivity index (χ4n) is 3.86. The zero-order chi connectivity index (χ0) is 17.6. The number of aromatic nitrogens is 2. The van der Waals surface area contributed by atoms with E-state index >= 15 is 0 Å². The highest BCUT2D eigenvalue weighted by atomic mass is 32.2. The van der Waals surface area contributed by atoms with Crippen LogP contribution >= 0.6 is 0 Å². The van der Waals surface area contributed by atoms with Crippen molar-refractivity contribution < 1.29 is 13.2 Å². The van der Waals surface area contributed by atoms with Gasteiger partial charge in [0.05, 0.1) is 29.3 Å². The smallest absolute Gasteiger partial charge is 0.261 e. The summed E-state index contributed by atoms with van der Waals surface area (Å²) in [5.74, 6) is 0.242. The maximum atomic E-state index is 13.1. The van der Waals surface area contributed by atoms with E-state index in [-0.39, 0.29) is 23.5 Å². The Labute approximate surface area is 147 Å². The Bertz CT molecular complexity index is 933. The van der Waals surface area contributed by atoms with Crippen molar-refractivity contribution in [3.63, 3.8) is 0 Å². The van der Waals surface area contributed by atoms with Crippen molar-refractivity contribution in [2.24, 2.45) is 0 Å². The Hall–Kier alpha value is -2.15. The first kappa shape index (κ1) is 16.3. The number of hydrogen-bond acceptors (Lipinski definition) is 4. The molecule has 1 amide bonds. The van der Waals surface area contributed by atoms with Gasteiger partial charge >= 0.3 is 0 Å². The predicted octanol–water partition coefficient (Wildman–Crippen LogP) is 2.14. The van der Waals surface area contributed by atoms with Crippen molar-refractivity contribution in [2.45, 2.75) is 32.2 Å². The molecule has 2 aliphatic heterocycles. The zero-order valence-electron chi connectivity index (χ0n) is 14.2. The summed E-state index contributed by atoms with van der Waals surface area (Å²) < 4.78 is 25.2. The van der Waals surface area contributed by atoms with Gasteiger partial charge in [-0.25, -0.2) is 8.42 Å². The van der Waals surface area contributed by atoms with Crippen LogP contribution in [0.1, 0.15) is 40.5 Å². The number of carbonyl (C=O) groups excluding carboxylic acids is 1. The number of hydrogen-bond donors (Lipinski definition) is 0. The number of anilines is 1. The van der Waals surface area contributed by atoms with Gasteiger partial charge in [0, 0.05) is 17.9 Å². The number of amides is 1. The van der Waals surface area contributed by atoms with Crippen molar-refractivity contribution in [3.05, 3.63) is 47.3 Å². The van der Waals surface area contributed by atoms with E-state index < -0.39 is 9.84 Å². The van der Waals surface area contributed by atoms with Crippen LogP contribution in [0, 0.1) is 6.92 Å². The van der Waals surface area contributed by atoms with Gasteiger partial charge in [0.25, 0.3) is 5.91 Å². The molecule has 2 aromatic rings. The summed E-state index contributed by atoms with van der Waals surface area (Å²) in [4.78, 5) is 14.9. The largest absolute Gasteiger partial charge is 0.308 e. The van der Waals surface area contributed by atoms with Gasteiger partial charge in [-0.15, -0.1) is 0 Å². The number of fused-ring (bicyclic) bond motifs is 1. The summed E-state index contributed by atoms with van der Waals surface area (Å²) in [5, 5.41) is 4.34. The van der Waals surface area contributed by atoms with E-state index in [4.69, 9.17) is 0 Å². The summed E-state index contributed by atoms with van der Waals surface area (Å²) in [7, 11) is -2.99. The van der Waals surface area contributed by atoms with Crippen LogP contribution in [-0.2, 0) is 16.3 Å². The van der Waals surface area contributed by atoms with Crippen LogP contribution in [0.3, 0.4) is 0 Å². The predicted molar refractivity (Wildman–Crippen MR) is 95.7 cm³/mol. The van der Waals surface area contributed by atoms with Crippen LogP contribution in [-0.4, -0.2) is 42.2 Å². The third-order valence-corrected chi connectivity index (χ3v) is 6.94. The van der Waals surface area contributed by atoms with Gasteiger partial charge < -0.3 is 4.90 Å². The van der Waals surface area contributed by atoms with E-state index in [0.29, 0.717) is 18.5 Å². The Morgan fingerprint density at radius 3 is 2.84 bits per heavy atom. The third kappa shape index (κ3) is 2.86.